The minimum Gasteiger partial charge on any atom is -0.373 e. The molecule has 0 radical (unpaired) electrons. The van der Waals surface area contributed by atoms with Crippen LogP contribution in [-0.2, 0) is 6.42 Å². The van der Waals surface area contributed by atoms with Crippen molar-refractivity contribution < 1.29 is 0 Å². The maximum absolute atomic E-state index is 4.62. The van der Waals surface area contributed by atoms with E-state index in [0.717, 1.165) is 36.2 Å². The summed E-state index contributed by atoms with van der Waals surface area (Å²) in [6.07, 6.45) is 7.46. The molecule has 0 bridgehead atoms. The molecule has 0 amide bonds. The third-order valence-corrected chi connectivity index (χ3v) is 3.98. The molecule has 1 saturated carbocycles. The van der Waals surface area contributed by atoms with Gasteiger partial charge in [0, 0.05) is 25.6 Å². The number of nitrogens with zero attached hydrogens (tertiary/aromatic N) is 2. The Morgan fingerprint density at radius 2 is 1.95 bits per heavy atom. The van der Waals surface area contributed by atoms with Crippen molar-refractivity contribution in [1.29, 1.82) is 0 Å². The summed E-state index contributed by atoms with van der Waals surface area (Å²) in [5.41, 5.74) is 0. The number of nitrogens with one attached hydrogen (secondary N) is 2. The van der Waals surface area contributed by atoms with Crippen LogP contribution in [0.1, 0.15) is 51.8 Å². The molecule has 1 aliphatic carbocycles. The van der Waals surface area contributed by atoms with Gasteiger partial charge in [0.05, 0.1) is 0 Å². The first-order valence-corrected chi connectivity index (χ1v) is 7.55. The van der Waals surface area contributed by atoms with Gasteiger partial charge in [-0.15, -0.1) is 0 Å². The first-order chi connectivity index (χ1) is 9.22. The van der Waals surface area contributed by atoms with E-state index >= 15 is 0 Å². The Kier molecular flexibility index (Phi) is 5.00. The zero-order valence-corrected chi connectivity index (χ0v) is 12.4. The lowest BCUT2D eigenvalue weighted by atomic mass is 10.00. The van der Waals surface area contributed by atoms with Gasteiger partial charge in [-0.2, -0.15) is 0 Å². The van der Waals surface area contributed by atoms with E-state index in [1.807, 2.05) is 13.1 Å². The molecule has 19 heavy (non-hydrogen) atoms. The predicted octanol–water partition coefficient (Wildman–Crippen LogP) is 3.46. The van der Waals surface area contributed by atoms with Crippen LogP contribution >= 0.6 is 0 Å². The van der Waals surface area contributed by atoms with E-state index in [0.29, 0.717) is 6.04 Å². The maximum Gasteiger partial charge on any atom is 0.133 e. The summed E-state index contributed by atoms with van der Waals surface area (Å²) in [7, 11) is 1.90. The van der Waals surface area contributed by atoms with Crippen LogP contribution in [0.25, 0.3) is 0 Å². The SMILES string of the molecule is CCCc1nc(NC)cc(NC(C)C2CCCC2)n1. The lowest BCUT2D eigenvalue weighted by Gasteiger charge is -2.21. The summed E-state index contributed by atoms with van der Waals surface area (Å²) < 4.78 is 0. The Balaban J connectivity index is 2.07. The Hall–Kier alpha value is -1.32. The van der Waals surface area contributed by atoms with Crippen LogP contribution < -0.4 is 10.6 Å². The van der Waals surface area contributed by atoms with Crippen LogP contribution in [0.2, 0.25) is 0 Å². The predicted molar refractivity (Wildman–Crippen MR) is 80.6 cm³/mol. The van der Waals surface area contributed by atoms with Crippen molar-refractivity contribution in [2.75, 3.05) is 17.7 Å². The van der Waals surface area contributed by atoms with Gasteiger partial charge in [-0.25, -0.2) is 9.97 Å². The van der Waals surface area contributed by atoms with Crippen LogP contribution in [0, 0.1) is 5.92 Å². The maximum atomic E-state index is 4.62. The fourth-order valence-corrected chi connectivity index (χ4v) is 2.84. The summed E-state index contributed by atoms with van der Waals surface area (Å²) in [5.74, 6) is 3.58. The number of rotatable bonds is 6. The lowest BCUT2D eigenvalue weighted by molar-refractivity contribution is 0.481. The van der Waals surface area contributed by atoms with Gasteiger partial charge in [-0.05, 0) is 32.1 Å². The van der Waals surface area contributed by atoms with Crippen molar-refractivity contribution in [2.24, 2.45) is 5.92 Å². The van der Waals surface area contributed by atoms with Gasteiger partial charge in [0.1, 0.15) is 17.5 Å². The van der Waals surface area contributed by atoms with Gasteiger partial charge in [-0.1, -0.05) is 19.8 Å². The number of hydrogen-bond donors (Lipinski definition) is 2. The molecule has 1 fully saturated rings. The Morgan fingerprint density at radius 1 is 1.26 bits per heavy atom. The Morgan fingerprint density at radius 3 is 2.58 bits per heavy atom. The van der Waals surface area contributed by atoms with Crippen molar-refractivity contribution in [2.45, 2.75) is 58.4 Å². The van der Waals surface area contributed by atoms with Gasteiger partial charge in [0.15, 0.2) is 0 Å². The normalized spacial score (nSPS) is 17.4. The van der Waals surface area contributed by atoms with Crippen LogP contribution in [-0.4, -0.2) is 23.1 Å². The number of aryl methyl sites for hydroxylation is 1. The lowest BCUT2D eigenvalue weighted by Crippen LogP contribution is -2.24. The van der Waals surface area contributed by atoms with Crippen molar-refractivity contribution in [3.63, 3.8) is 0 Å². The molecule has 1 aliphatic rings. The molecule has 0 aromatic carbocycles. The summed E-state index contributed by atoms with van der Waals surface area (Å²) in [6, 6.07) is 2.50. The molecule has 0 spiro atoms. The van der Waals surface area contributed by atoms with Gasteiger partial charge in [0.25, 0.3) is 0 Å². The molecule has 2 N–H and O–H groups in total. The molecular formula is C15H26N4. The average molecular weight is 262 g/mol. The summed E-state index contributed by atoms with van der Waals surface area (Å²) in [6.45, 7) is 4.43. The first-order valence-electron chi connectivity index (χ1n) is 7.55. The molecule has 0 saturated heterocycles. The number of aromatic nitrogens is 2. The molecule has 1 aromatic rings. The molecule has 4 nitrogen and oxygen atoms in total. The highest BCUT2D eigenvalue weighted by Gasteiger charge is 2.21. The fourth-order valence-electron chi connectivity index (χ4n) is 2.84. The van der Waals surface area contributed by atoms with Crippen LogP contribution in [0.3, 0.4) is 0 Å². The summed E-state index contributed by atoms with van der Waals surface area (Å²) >= 11 is 0. The van der Waals surface area contributed by atoms with Crippen LogP contribution in [0.4, 0.5) is 11.6 Å². The second-order valence-corrected chi connectivity index (χ2v) is 5.53. The standard InChI is InChI=1S/C15H26N4/c1-4-7-13-18-14(16-3)10-15(19-13)17-11(2)12-8-5-6-9-12/h10-12H,4-9H2,1-3H3,(H2,16,17,18,19). The zero-order chi connectivity index (χ0) is 13.7. The van der Waals surface area contributed by atoms with Gasteiger partial charge >= 0.3 is 0 Å². The molecular weight excluding hydrogens is 236 g/mol. The molecule has 2 rings (SSSR count). The highest BCUT2D eigenvalue weighted by atomic mass is 15.1. The fraction of sp³-hybridized carbons (Fsp3) is 0.733. The van der Waals surface area contributed by atoms with Crippen molar-refractivity contribution in [3.8, 4) is 0 Å². The van der Waals surface area contributed by atoms with Crippen molar-refractivity contribution in [1.82, 2.24) is 9.97 Å². The highest BCUT2D eigenvalue weighted by molar-refractivity contribution is 5.47. The topological polar surface area (TPSA) is 49.8 Å². The number of hydrogen-bond acceptors (Lipinski definition) is 4. The molecule has 0 aliphatic heterocycles. The minimum absolute atomic E-state index is 0.497. The summed E-state index contributed by atoms with van der Waals surface area (Å²) in [5, 5.41) is 6.68. The highest BCUT2D eigenvalue weighted by Crippen LogP contribution is 2.29. The quantitative estimate of drug-likeness (QED) is 0.824. The molecule has 1 atom stereocenters. The van der Waals surface area contributed by atoms with E-state index in [1.165, 1.54) is 25.7 Å². The van der Waals surface area contributed by atoms with E-state index in [1.54, 1.807) is 0 Å². The summed E-state index contributed by atoms with van der Waals surface area (Å²) in [4.78, 5) is 9.10. The van der Waals surface area contributed by atoms with E-state index < -0.39 is 0 Å². The van der Waals surface area contributed by atoms with E-state index in [2.05, 4.69) is 34.4 Å². The Labute approximate surface area is 116 Å². The molecule has 106 valence electrons. The van der Waals surface area contributed by atoms with E-state index in [-0.39, 0.29) is 0 Å². The second kappa shape index (κ2) is 6.73. The smallest absolute Gasteiger partial charge is 0.133 e. The monoisotopic (exact) mass is 262 g/mol. The number of anilines is 2. The van der Waals surface area contributed by atoms with Crippen molar-refractivity contribution in [3.05, 3.63) is 11.9 Å². The van der Waals surface area contributed by atoms with E-state index in [9.17, 15) is 0 Å². The molecule has 1 unspecified atom stereocenters. The first kappa shape index (κ1) is 14.1. The van der Waals surface area contributed by atoms with E-state index in [4.69, 9.17) is 0 Å². The van der Waals surface area contributed by atoms with Crippen molar-refractivity contribution >= 4 is 11.6 Å². The zero-order valence-electron chi connectivity index (χ0n) is 12.4. The minimum atomic E-state index is 0.497. The average Bonchev–Trinajstić information content (AvgIpc) is 2.92. The molecule has 1 aromatic heterocycles. The largest absolute Gasteiger partial charge is 0.373 e. The van der Waals surface area contributed by atoms with Gasteiger partial charge in [-0.3, -0.25) is 0 Å². The van der Waals surface area contributed by atoms with Gasteiger partial charge < -0.3 is 10.6 Å². The third kappa shape index (κ3) is 3.82. The Bertz CT molecular complexity index is 399. The molecule has 1 heterocycles. The van der Waals surface area contributed by atoms with Crippen LogP contribution in [0.15, 0.2) is 6.07 Å². The third-order valence-electron chi connectivity index (χ3n) is 3.98. The van der Waals surface area contributed by atoms with Gasteiger partial charge in [0.2, 0.25) is 0 Å². The second-order valence-electron chi connectivity index (χ2n) is 5.53. The molecule has 4 heteroatoms. The van der Waals surface area contributed by atoms with Crippen LogP contribution in [0.5, 0.6) is 0 Å².